The number of hydrogen-bond donors (Lipinski definition) is 3. The predicted molar refractivity (Wildman–Crippen MR) is 101 cm³/mol. The van der Waals surface area contributed by atoms with Crippen LogP contribution in [0.4, 0.5) is 5.69 Å². The molecule has 4 N–H and O–H groups in total. The van der Waals surface area contributed by atoms with Crippen LogP contribution in [0.25, 0.3) is 11.1 Å². The fraction of sp³-hybridized carbons (Fsp3) is 0.0952. The summed E-state index contributed by atoms with van der Waals surface area (Å²) in [5.41, 5.74) is 12.1. The van der Waals surface area contributed by atoms with Crippen molar-refractivity contribution in [3.05, 3.63) is 89.5 Å². The van der Waals surface area contributed by atoms with E-state index in [2.05, 4.69) is 53.8 Å². The molecule has 0 amide bonds. The Morgan fingerprint density at radius 1 is 0.833 bits per heavy atom. The summed E-state index contributed by atoms with van der Waals surface area (Å²) in [6, 6.07) is 24.8. The van der Waals surface area contributed by atoms with Gasteiger partial charge in [-0.2, -0.15) is 0 Å². The molecule has 3 rings (SSSR count). The van der Waals surface area contributed by atoms with Gasteiger partial charge in [0.2, 0.25) is 0 Å². The number of hydrogen-bond acceptors (Lipinski definition) is 3. The Morgan fingerprint density at radius 2 is 1.50 bits per heavy atom. The monoisotopic (exact) mass is 315 g/mol. The number of anilines is 1. The van der Waals surface area contributed by atoms with Gasteiger partial charge >= 0.3 is 0 Å². The molecule has 0 unspecified atom stereocenters. The lowest BCUT2D eigenvalue weighted by molar-refractivity contribution is 1.07. The Labute approximate surface area is 142 Å². The van der Waals surface area contributed by atoms with E-state index in [0.29, 0.717) is 6.54 Å². The SMILES string of the molecule is N=Cc1cc(CN)ccc1NCc1ccc(-c2ccccc2)cc1. The molecule has 0 saturated carbocycles. The average molecular weight is 315 g/mol. The molecule has 0 bridgehead atoms. The Hall–Kier alpha value is -2.91. The van der Waals surface area contributed by atoms with Gasteiger partial charge < -0.3 is 16.5 Å². The summed E-state index contributed by atoms with van der Waals surface area (Å²) in [5.74, 6) is 0. The molecule has 0 radical (unpaired) electrons. The summed E-state index contributed by atoms with van der Waals surface area (Å²) < 4.78 is 0. The van der Waals surface area contributed by atoms with Gasteiger partial charge in [0.15, 0.2) is 0 Å². The Balaban J connectivity index is 1.70. The van der Waals surface area contributed by atoms with Gasteiger partial charge in [-0.1, -0.05) is 60.7 Å². The van der Waals surface area contributed by atoms with E-state index in [-0.39, 0.29) is 0 Å². The topological polar surface area (TPSA) is 61.9 Å². The molecule has 0 saturated heterocycles. The number of nitrogens with two attached hydrogens (primary N) is 1. The third-order valence-electron chi connectivity index (χ3n) is 4.05. The van der Waals surface area contributed by atoms with E-state index in [1.807, 2.05) is 24.3 Å². The van der Waals surface area contributed by atoms with Crippen molar-refractivity contribution in [2.75, 3.05) is 5.32 Å². The van der Waals surface area contributed by atoms with Crippen molar-refractivity contribution >= 4 is 11.9 Å². The van der Waals surface area contributed by atoms with Crippen LogP contribution in [-0.4, -0.2) is 6.21 Å². The molecule has 0 aromatic heterocycles. The summed E-state index contributed by atoms with van der Waals surface area (Å²) in [7, 11) is 0. The summed E-state index contributed by atoms with van der Waals surface area (Å²) >= 11 is 0. The molecule has 3 nitrogen and oxygen atoms in total. The van der Waals surface area contributed by atoms with Crippen molar-refractivity contribution in [3.8, 4) is 11.1 Å². The van der Waals surface area contributed by atoms with E-state index in [0.717, 1.165) is 23.4 Å². The Bertz CT molecular complexity index is 808. The molecule has 3 aromatic rings. The molecule has 3 heteroatoms. The van der Waals surface area contributed by atoms with Crippen LogP contribution in [0.15, 0.2) is 72.8 Å². The van der Waals surface area contributed by atoms with Gasteiger partial charge in [0.1, 0.15) is 0 Å². The second kappa shape index (κ2) is 7.57. The molecule has 120 valence electrons. The third-order valence-corrected chi connectivity index (χ3v) is 4.05. The van der Waals surface area contributed by atoms with Crippen LogP contribution in [-0.2, 0) is 13.1 Å². The summed E-state index contributed by atoms with van der Waals surface area (Å²) in [6.07, 6.45) is 1.36. The minimum absolute atomic E-state index is 0.488. The lowest BCUT2D eigenvalue weighted by atomic mass is 10.0. The lowest BCUT2D eigenvalue weighted by Gasteiger charge is -2.11. The quantitative estimate of drug-likeness (QED) is 0.590. The highest BCUT2D eigenvalue weighted by molar-refractivity contribution is 5.86. The van der Waals surface area contributed by atoms with E-state index < -0.39 is 0 Å². The van der Waals surface area contributed by atoms with Gasteiger partial charge in [-0.3, -0.25) is 0 Å². The molecule has 0 heterocycles. The Kier molecular flexibility index (Phi) is 5.04. The van der Waals surface area contributed by atoms with Crippen molar-refractivity contribution in [1.29, 1.82) is 5.41 Å². The van der Waals surface area contributed by atoms with Crippen LogP contribution in [0, 0.1) is 5.41 Å². The highest BCUT2D eigenvalue weighted by atomic mass is 14.9. The number of rotatable bonds is 6. The fourth-order valence-corrected chi connectivity index (χ4v) is 2.66. The van der Waals surface area contributed by atoms with Crippen molar-refractivity contribution in [2.45, 2.75) is 13.1 Å². The predicted octanol–water partition coefficient (Wildman–Crippen LogP) is 4.42. The fourth-order valence-electron chi connectivity index (χ4n) is 2.66. The normalized spacial score (nSPS) is 10.4. The molecule has 0 spiro atoms. The number of benzene rings is 3. The van der Waals surface area contributed by atoms with Crippen molar-refractivity contribution < 1.29 is 0 Å². The molecule has 0 fully saturated rings. The molecule has 0 aliphatic carbocycles. The first-order chi connectivity index (χ1) is 11.8. The zero-order valence-electron chi connectivity index (χ0n) is 13.5. The maximum absolute atomic E-state index is 7.56. The first kappa shape index (κ1) is 16.0. The van der Waals surface area contributed by atoms with E-state index in [1.165, 1.54) is 22.9 Å². The lowest BCUT2D eigenvalue weighted by Crippen LogP contribution is -2.04. The van der Waals surface area contributed by atoms with Crippen LogP contribution in [0.2, 0.25) is 0 Å². The highest BCUT2D eigenvalue weighted by Gasteiger charge is 2.02. The van der Waals surface area contributed by atoms with Crippen molar-refractivity contribution in [3.63, 3.8) is 0 Å². The van der Waals surface area contributed by atoms with E-state index in [9.17, 15) is 0 Å². The minimum atomic E-state index is 0.488. The van der Waals surface area contributed by atoms with Gasteiger partial charge in [0.05, 0.1) is 0 Å². The second-order valence-corrected chi connectivity index (χ2v) is 5.69. The van der Waals surface area contributed by atoms with Gasteiger partial charge in [-0.25, -0.2) is 0 Å². The average Bonchev–Trinajstić information content (AvgIpc) is 2.67. The standard InChI is InChI=1S/C21H21N3/c22-13-17-8-11-21(20(12-17)14-23)24-15-16-6-9-19(10-7-16)18-4-2-1-3-5-18/h1-12,14,23-24H,13,15,22H2. The summed E-state index contributed by atoms with van der Waals surface area (Å²) in [4.78, 5) is 0. The smallest absolute Gasteiger partial charge is 0.0432 e. The first-order valence-corrected chi connectivity index (χ1v) is 8.02. The Morgan fingerprint density at radius 3 is 2.17 bits per heavy atom. The minimum Gasteiger partial charge on any atom is -0.380 e. The molecular weight excluding hydrogens is 294 g/mol. The van der Waals surface area contributed by atoms with Gasteiger partial charge in [0, 0.05) is 30.6 Å². The zero-order chi connectivity index (χ0) is 16.8. The first-order valence-electron chi connectivity index (χ1n) is 8.02. The molecule has 0 aliphatic heterocycles. The van der Waals surface area contributed by atoms with Crippen molar-refractivity contribution in [1.82, 2.24) is 0 Å². The molecule has 0 atom stereocenters. The second-order valence-electron chi connectivity index (χ2n) is 5.69. The largest absolute Gasteiger partial charge is 0.380 e. The molecule has 0 aliphatic rings. The maximum Gasteiger partial charge on any atom is 0.0432 e. The molecule has 3 aromatic carbocycles. The van der Waals surface area contributed by atoms with Gasteiger partial charge in [0.25, 0.3) is 0 Å². The van der Waals surface area contributed by atoms with Crippen LogP contribution in [0.5, 0.6) is 0 Å². The van der Waals surface area contributed by atoms with Crippen molar-refractivity contribution in [2.24, 2.45) is 5.73 Å². The zero-order valence-corrected chi connectivity index (χ0v) is 13.5. The molecule has 24 heavy (non-hydrogen) atoms. The maximum atomic E-state index is 7.56. The van der Waals surface area contributed by atoms with E-state index in [1.54, 1.807) is 0 Å². The third kappa shape index (κ3) is 3.70. The number of nitrogens with one attached hydrogen (secondary N) is 2. The van der Waals surface area contributed by atoms with Crippen LogP contribution < -0.4 is 11.1 Å². The summed E-state index contributed by atoms with van der Waals surface area (Å²) in [6.45, 7) is 1.21. The van der Waals surface area contributed by atoms with Gasteiger partial charge in [-0.05, 0) is 34.4 Å². The van der Waals surface area contributed by atoms with E-state index in [4.69, 9.17) is 11.1 Å². The van der Waals surface area contributed by atoms with E-state index >= 15 is 0 Å². The van der Waals surface area contributed by atoms with Crippen LogP contribution in [0.3, 0.4) is 0 Å². The highest BCUT2D eigenvalue weighted by Crippen LogP contribution is 2.20. The van der Waals surface area contributed by atoms with Crippen LogP contribution >= 0.6 is 0 Å². The summed E-state index contributed by atoms with van der Waals surface area (Å²) in [5, 5.41) is 11.0. The molecular formula is C21H21N3. The van der Waals surface area contributed by atoms with Crippen LogP contribution in [0.1, 0.15) is 16.7 Å². The van der Waals surface area contributed by atoms with Gasteiger partial charge in [-0.15, -0.1) is 0 Å².